The molecule has 0 saturated heterocycles. The van der Waals surface area contributed by atoms with Crippen molar-refractivity contribution in [1.29, 1.82) is 0 Å². The van der Waals surface area contributed by atoms with Crippen LogP contribution >= 0.6 is 0 Å². The van der Waals surface area contributed by atoms with Crippen LogP contribution in [0.2, 0.25) is 0 Å². The summed E-state index contributed by atoms with van der Waals surface area (Å²) in [6, 6.07) is 4.21. The number of nitrogens with two attached hydrogens (primary N) is 1. The van der Waals surface area contributed by atoms with Crippen LogP contribution in [0.4, 0.5) is 11.4 Å². The first kappa shape index (κ1) is 10.7. The highest BCUT2D eigenvalue weighted by atomic mass is 32.2. The van der Waals surface area contributed by atoms with Crippen molar-refractivity contribution in [3.05, 3.63) is 18.2 Å². The van der Waals surface area contributed by atoms with Crippen molar-refractivity contribution in [3.8, 4) is 0 Å². The first-order chi connectivity index (χ1) is 6.50. The Morgan fingerprint density at radius 1 is 1.57 bits per heavy atom. The lowest BCUT2D eigenvalue weighted by atomic mass is 10.3. The minimum absolute atomic E-state index is 0.0269. The highest BCUT2D eigenvalue weighted by Crippen LogP contribution is 2.20. The van der Waals surface area contributed by atoms with Gasteiger partial charge >= 0.3 is 0 Å². The number of anilines is 2. The molecule has 3 N–H and O–H groups in total. The third kappa shape index (κ3) is 2.54. The number of nitrogens with one attached hydrogen (secondary N) is 1. The first-order valence-electron chi connectivity index (χ1n) is 3.77. The molecule has 0 heterocycles. The molecule has 6 heteroatoms. The average Bonchev–Trinajstić information content (AvgIpc) is 2.01. The van der Waals surface area contributed by atoms with Crippen LogP contribution in [-0.2, 0) is 15.9 Å². The van der Waals surface area contributed by atoms with E-state index in [1.807, 2.05) is 0 Å². The van der Waals surface area contributed by atoms with Gasteiger partial charge in [-0.2, -0.15) is 0 Å². The molecule has 0 aliphatic carbocycles. The quantitative estimate of drug-likeness (QED) is 0.551. The Balaban J connectivity index is 3.00. The topological polar surface area (TPSA) is 95.2 Å². The van der Waals surface area contributed by atoms with Gasteiger partial charge < -0.3 is 15.6 Å². The van der Waals surface area contributed by atoms with Gasteiger partial charge in [-0.3, -0.25) is 9.00 Å². The molecule has 1 aromatic carbocycles. The number of carbonyl (C=O) groups excluding carboxylic acids is 1. The van der Waals surface area contributed by atoms with Gasteiger partial charge in [-0.05, 0) is 29.3 Å². The minimum Gasteiger partial charge on any atom is -0.768 e. The molecule has 0 aliphatic heterocycles. The molecule has 76 valence electrons. The van der Waals surface area contributed by atoms with Crippen molar-refractivity contribution in [2.45, 2.75) is 11.8 Å². The van der Waals surface area contributed by atoms with E-state index in [1.165, 1.54) is 25.1 Å². The van der Waals surface area contributed by atoms with Crippen LogP contribution in [0.1, 0.15) is 6.92 Å². The molecule has 0 fully saturated rings. The second-order valence-electron chi connectivity index (χ2n) is 2.67. The third-order valence-electron chi connectivity index (χ3n) is 1.51. The molecule has 0 aliphatic rings. The fourth-order valence-corrected chi connectivity index (χ4v) is 1.41. The van der Waals surface area contributed by atoms with E-state index >= 15 is 0 Å². The standard InChI is InChI=1S/C8H10N2O3S/c1-5(11)10-6-2-3-8(14(12)13)7(9)4-6/h2-4H,9H2,1H3,(H,10,11)(H,12,13)/p-1. The van der Waals surface area contributed by atoms with Crippen molar-refractivity contribution in [2.24, 2.45) is 0 Å². The average molecular weight is 213 g/mol. The van der Waals surface area contributed by atoms with Crippen LogP contribution in [0.3, 0.4) is 0 Å². The van der Waals surface area contributed by atoms with Gasteiger partial charge in [-0.25, -0.2) is 0 Å². The molecule has 14 heavy (non-hydrogen) atoms. The molecular formula is C8H9N2O3S-. The van der Waals surface area contributed by atoms with Crippen molar-refractivity contribution in [3.63, 3.8) is 0 Å². The lowest BCUT2D eigenvalue weighted by Gasteiger charge is -2.10. The van der Waals surface area contributed by atoms with Crippen LogP contribution in [0, 0.1) is 0 Å². The number of benzene rings is 1. The van der Waals surface area contributed by atoms with Gasteiger partial charge in [0.1, 0.15) is 0 Å². The summed E-state index contributed by atoms with van der Waals surface area (Å²) in [5, 5.41) is 2.49. The highest BCUT2D eigenvalue weighted by Gasteiger charge is 2.01. The molecular weight excluding hydrogens is 204 g/mol. The van der Waals surface area contributed by atoms with Gasteiger partial charge in [-0.1, -0.05) is 0 Å². The van der Waals surface area contributed by atoms with Gasteiger partial charge in [0.25, 0.3) is 0 Å². The summed E-state index contributed by atoms with van der Waals surface area (Å²) in [4.78, 5) is 10.7. The summed E-state index contributed by atoms with van der Waals surface area (Å²) in [5.74, 6) is -0.236. The molecule has 0 aromatic heterocycles. The summed E-state index contributed by atoms with van der Waals surface area (Å²) >= 11 is -2.35. The van der Waals surface area contributed by atoms with E-state index in [2.05, 4.69) is 5.32 Å². The largest absolute Gasteiger partial charge is 0.768 e. The Morgan fingerprint density at radius 3 is 2.64 bits per heavy atom. The molecule has 1 rings (SSSR count). The Kier molecular flexibility index (Phi) is 3.21. The van der Waals surface area contributed by atoms with Gasteiger partial charge in [0, 0.05) is 23.2 Å². The number of amides is 1. The molecule has 1 amide bonds. The van der Waals surface area contributed by atoms with Crippen LogP contribution in [0.25, 0.3) is 0 Å². The zero-order valence-corrected chi connectivity index (χ0v) is 8.26. The number of hydrogen-bond acceptors (Lipinski definition) is 4. The van der Waals surface area contributed by atoms with Crippen LogP contribution < -0.4 is 11.1 Å². The molecule has 1 unspecified atom stereocenters. The van der Waals surface area contributed by atoms with Gasteiger partial charge in [0.15, 0.2) is 0 Å². The van der Waals surface area contributed by atoms with Crippen LogP contribution in [-0.4, -0.2) is 14.7 Å². The lowest BCUT2D eigenvalue weighted by Crippen LogP contribution is -2.06. The highest BCUT2D eigenvalue weighted by molar-refractivity contribution is 7.79. The maximum atomic E-state index is 10.7. The summed E-state index contributed by atoms with van der Waals surface area (Å²) in [6.07, 6.45) is 0. The summed E-state index contributed by atoms with van der Waals surface area (Å²) < 4.78 is 21.2. The van der Waals surface area contributed by atoms with Gasteiger partial charge in [-0.15, -0.1) is 0 Å². The first-order valence-corrected chi connectivity index (χ1v) is 4.84. The predicted octanol–water partition coefficient (Wildman–Crippen LogP) is 0.465. The predicted molar refractivity (Wildman–Crippen MR) is 52.3 cm³/mol. The minimum atomic E-state index is -2.35. The van der Waals surface area contributed by atoms with E-state index in [9.17, 15) is 13.6 Å². The van der Waals surface area contributed by atoms with E-state index in [-0.39, 0.29) is 16.5 Å². The van der Waals surface area contributed by atoms with Crippen molar-refractivity contribution >= 4 is 28.4 Å². The van der Waals surface area contributed by atoms with Crippen LogP contribution in [0.5, 0.6) is 0 Å². The molecule has 0 spiro atoms. The SMILES string of the molecule is CC(=O)Nc1ccc(S(=O)[O-])c(N)c1. The Bertz CT molecular complexity index is 392. The van der Waals surface area contributed by atoms with E-state index < -0.39 is 11.1 Å². The third-order valence-corrected chi connectivity index (χ3v) is 2.24. The number of carbonyl (C=O) groups is 1. The number of hydrogen-bond donors (Lipinski definition) is 2. The molecule has 5 nitrogen and oxygen atoms in total. The molecule has 0 bridgehead atoms. The Labute approximate surface area is 83.6 Å². The second kappa shape index (κ2) is 4.21. The normalized spacial score (nSPS) is 12.1. The van der Waals surface area contributed by atoms with E-state index in [0.29, 0.717) is 5.69 Å². The fourth-order valence-electron chi connectivity index (χ4n) is 0.981. The molecule has 0 saturated carbocycles. The van der Waals surface area contributed by atoms with Crippen LogP contribution in [0.15, 0.2) is 23.1 Å². The molecule has 1 aromatic rings. The fraction of sp³-hybridized carbons (Fsp3) is 0.125. The summed E-state index contributed by atoms with van der Waals surface area (Å²) in [6.45, 7) is 1.36. The van der Waals surface area contributed by atoms with Crippen molar-refractivity contribution in [1.82, 2.24) is 0 Å². The Hall–Kier alpha value is -1.40. The zero-order chi connectivity index (χ0) is 10.7. The van der Waals surface area contributed by atoms with E-state index in [1.54, 1.807) is 0 Å². The summed E-state index contributed by atoms with van der Waals surface area (Å²) in [7, 11) is 0. The number of rotatable bonds is 2. The van der Waals surface area contributed by atoms with E-state index in [4.69, 9.17) is 5.73 Å². The monoisotopic (exact) mass is 213 g/mol. The smallest absolute Gasteiger partial charge is 0.221 e. The van der Waals surface area contributed by atoms with Gasteiger partial charge in [0.2, 0.25) is 5.91 Å². The maximum Gasteiger partial charge on any atom is 0.221 e. The number of nitrogen functional groups attached to an aromatic ring is 1. The zero-order valence-electron chi connectivity index (χ0n) is 7.44. The van der Waals surface area contributed by atoms with Crippen molar-refractivity contribution < 1.29 is 13.6 Å². The van der Waals surface area contributed by atoms with Crippen molar-refractivity contribution in [2.75, 3.05) is 11.1 Å². The van der Waals surface area contributed by atoms with Gasteiger partial charge in [0.05, 0.1) is 0 Å². The molecule has 1 atom stereocenters. The second-order valence-corrected chi connectivity index (χ2v) is 3.58. The lowest BCUT2D eigenvalue weighted by molar-refractivity contribution is -0.114. The van der Waals surface area contributed by atoms with E-state index in [0.717, 1.165) is 0 Å². The molecule has 0 radical (unpaired) electrons. The Morgan fingerprint density at radius 2 is 2.21 bits per heavy atom. The summed E-state index contributed by atoms with van der Waals surface area (Å²) in [5.41, 5.74) is 6.05. The maximum absolute atomic E-state index is 10.7.